The summed E-state index contributed by atoms with van der Waals surface area (Å²) in [5, 5.41) is 9.17. The molecule has 1 N–H and O–H groups in total. The first-order valence-corrected chi connectivity index (χ1v) is 4.52. The average molecular weight is 179 g/mol. The maximum absolute atomic E-state index is 11.1. The quantitative estimate of drug-likeness (QED) is 0.748. The second kappa shape index (κ2) is 2.62. The van der Waals surface area contributed by atoms with Gasteiger partial charge in [-0.1, -0.05) is 6.42 Å². The van der Waals surface area contributed by atoms with Gasteiger partial charge < -0.3 is 9.67 Å². The Bertz CT molecular complexity index is 336. The maximum Gasteiger partial charge on any atom is 0.315 e. The number of hydrogen-bond donors (Lipinski definition) is 1. The molecule has 0 amide bonds. The number of carboxylic acid groups (broad SMARTS) is 1. The van der Waals surface area contributed by atoms with Gasteiger partial charge in [-0.05, 0) is 25.0 Å². The van der Waals surface area contributed by atoms with Crippen LogP contribution in [0.3, 0.4) is 0 Å². The van der Waals surface area contributed by atoms with Crippen molar-refractivity contribution in [2.45, 2.75) is 24.7 Å². The molecule has 70 valence electrons. The highest BCUT2D eigenvalue weighted by Crippen LogP contribution is 2.43. The molecule has 1 aliphatic carbocycles. The molecule has 3 nitrogen and oxygen atoms in total. The Hall–Kier alpha value is -1.25. The number of carboxylic acids is 1. The molecule has 0 bridgehead atoms. The predicted octanol–water partition coefficient (Wildman–Crippen LogP) is 1.53. The van der Waals surface area contributed by atoms with Crippen LogP contribution >= 0.6 is 0 Å². The summed E-state index contributed by atoms with van der Waals surface area (Å²) in [5.41, 5.74) is 0.351. The van der Waals surface area contributed by atoms with Crippen molar-refractivity contribution in [1.82, 2.24) is 4.57 Å². The van der Waals surface area contributed by atoms with E-state index in [0.29, 0.717) is 0 Å². The van der Waals surface area contributed by atoms with Crippen LogP contribution in [0, 0.1) is 0 Å². The van der Waals surface area contributed by atoms with Gasteiger partial charge in [0, 0.05) is 18.9 Å². The van der Waals surface area contributed by atoms with E-state index in [4.69, 9.17) is 5.11 Å². The van der Waals surface area contributed by atoms with E-state index in [1.54, 1.807) is 0 Å². The molecule has 1 aliphatic rings. The van der Waals surface area contributed by atoms with Crippen LogP contribution in [0.1, 0.15) is 25.0 Å². The molecule has 1 fully saturated rings. The third-order valence-electron chi connectivity index (χ3n) is 3.05. The smallest absolute Gasteiger partial charge is 0.315 e. The van der Waals surface area contributed by atoms with Crippen LogP contribution in [0.5, 0.6) is 0 Å². The molecule has 1 saturated carbocycles. The molecule has 0 atom stereocenters. The molecule has 0 aromatic carbocycles. The van der Waals surface area contributed by atoms with E-state index in [0.717, 1.165) is 25.0 Å². The third kappa shape index (κ3) is 0.996. The summed E-state index contributed by atoms with van der Waals surface area (Å²) >= 11 is 0. The van der Waals surface area contributed by atoms with Crippen molar-refractivity contribution in [3.8, 4) is 0 Å². The molecule has 0 saturated heterocycles. The molecule has 3 heteroatoms. The van der Waals surface area contributed by atoms with E-state index < -0.39 is 11.4 Å². The van der Waals surface area contributed by atoms with Crippen LogP contribution in [0.15, 0.2) is 18.3 Å². The highest BCUT2D eigenvalue weighted by molar-refractivity contribution is 5.82. The van der Waals surface area contributed by atoms with Crippen molar-refractivity contribution in [2.24, 2.45) is 7.05 Å². The number of carbonyl (C=O) groups is 1. The fourth-order valence-electron chi connectivity index (χ4n) is 2.07. The highest BCUT2D eigenvalue weighted by atomic mass is 16.4. The van der Waals surface area contributed by atoms with Gasteiger partial charge in [-0.25, -0.2) is 0 Å². The van der Waals surface area contributed by atoms with E-state index in [9.17, 15) is 4.79 Å². The van der Waals surface area contributed by atoms with Crippen LogP contribution in [0.25, 0.3) is 0 Å². The lowest BCUT2D eigenvalue weighted by atomic mass is 9.66. The van der Waals surface area contributed by atoms with Gasteiger partial charge in [0.15, 0.2) is 0 Å². The first-order valence-electron chi connectivity index (χ1n) is 4.52. The van der Waals surface area contributed by atoms with Gasteiger partial charge in [0.2, 0.25) is 0 Å². The average Bonchev–Trinajstić information content (AvgIpc) is 2.34. The first-order chi connectivity index (χ1) is 6.17. The number of aliphatic carboxylic acids is 1. The van der Waals surface area contributed by atoms with Crippen LogP contribution in [-0.4, -0.2) is 15.6 Å². The van der Waals surface area contributed by atoms with Gasteiger partial charge in [-0.2, -0.15) is 0 Å². The molecule has 0 radical (unpaired) electrons. The largest absolute Gasteiger partial charge is 0.481 e. The summed E-state index contributed by atoms with van der Waals surface area (Å²) < 4.78 is 1.91. The van der Waals surface area contributed by atoms with Crippen LogP contribution < -0.4 is 0 Å². The predicted molar refractivity (Wildman–Crippen MR) is 48.6 cm³/mol. The summed E-state index contributed by atoms with van der Waals surface area (Å²) in [6, 6.07) is 3.81. The van der Waals surface area contributed by atoms with Crippen molar-refractivity contribution >= 4 is 5.97 Å². The topological polar surface area (TPSA) is 42.2 Å². The Labute approximate surface area is 77.0 Å². The fraction of sp³-hybridized carbons (Fsp3) is 0.500. The van der Waals surface area contributed by atoms with Crippen LogP contribution in [-0.2, 0) is 17.3 Å². The monoisotopic (exact) mass is 179 g/mol. The summed E-state index contributed by atoms with van der Waals surface area (Å²) in [5.74, 6) is -0.680. The minimum absolute atomic E-state index is 0.585. The van der Waals surface area contributed by atoms with Gasteiger partial charge in [0.1, 0.15) is 5.41 Å². The SMILES string of the molecule is Cn1cccc1C1(C(=O)O)CCC1. The van der Waals surface area contributed by atoms with E-state index >= 15 is 0 Å². The highest BCUT2D eigenvalue weighted by Gasteiger charge is 2.47. The second-order valence-corrected chi connectivity index (χ2v) is 3.75. The zero-order chi connectivity index (χ0) is 9.47. The summed E-state index contributed by atoms with van der Waals surface area (Å²) in [7, 11) is 1.90. The lowest BCUT2D eigenvalue weighted by Crippen LogP contribution is -2.43. The van der Waals surface area contributed by atoms with Crippen LogP contribution in [0.2, 0.25) is 0 Å². The second-order valence-electron chi connectivity index (χ2n) is 3.75. The molecule has 1 aromatic rings. The molecule has 2 rings (SSSR count). The van der Waals surface area contributed by atoms with Gasteiger partial charge in [-0.15, -0.1) is 0 Å². The summed E-state index contributed by atoms with van der Waals surface area (Å²) in [4.78, 5) is 11.1. The third-order valence-corrected chi connectivity index (χ3v) is 3.05. The van der Waals surface area contributed by atoms with Gasteiger partial charge in [0.05, 0.1) is 0 Å². The summed E-state index contributed by atoms with van der Waals surface area (Å²) in [6.45, 7) is 0. The number of hydrogen-bond acceptors (Lipinski definition) is 1. The van der Waals surface area contributed by atoms with E-state index in [1.807, 2.05) is 29.9 Å². The Kier molecular flexibility index (Phi) is 1.68. The number of nitrogens with zero attached hydrogens (tertiary/aromatic N) is 1. The Morgan fingerprint density at radius 1 is 1.62 bits per heavy atom. The Balaban J connectivity index is 2.43. The lowest BCUT2D eigenvalue weighted by molar-refractivity contribution is -0.147. The molecule has 13 heavy (non-hydrogen) atoms. The van der Waals surface area contributed by atoms with Crippen molar-refractivity contribution < 1.29 is 9.90 Å². The minimum Gasteiger partial charge on any atom is -0.481 e. The van der Waals surface area contributed by atoms with E-state index in [1.165, 1.54) is 0 Å². The number of rotatable bonds is 2. The fourth-order valence-corrected chi connectivity index (χ4v) is 2.07. The van der Waals surface area contributed by atoms with Crippen molar-refractivity contribution in [1.29, 1.82) is 0 Å². The number of aryl methyl sites for hydroxylation is 1. The molecule has 0 spiro atoms. The van der Waals surface area contributed by atoms with Crippen molar-refractivity contribution in [2.75, 3.05) is 0 Å². The molecule has 0 unspecified atom stereocenters. The zero-order valence-corrected chi connectivity index (χ0v) is 7.66. The zero-order valence-electron chi connectivity index (χ0n) is 7.66. The van der Waals surface area contributed by atoms with E-state index in [-0.39, 0.29) is 0 Å². The number of aromatic nitrogens is 1. The molecular formula is C10H13NO2. The van der Waals surface area contributed by atoms with Crippen LogP contribution in [0.4, 0.5) is 0 Å². The molecule has 0 aliphatic heterocycles. The normalized spacial score (nSPS) is 19.5. The Morgan fingerprint density at radius 3 is 2.62 bits per heavy atom. The molecule has 1 aromatic heterocycles. The molecule has 1 heterocycles. The lowest BCUT2D eigenvalue weighted by Gasteiger charge is -2.37. The van der Waals surface area contributed by atoms with Gasteiger partial charge in [-0.3, -0.25) is 4.79 Å². The van der Waals surface area contributed by atoms with Crippen molar-refractivity contribution in [3.05, 3.63) is 24.0 Å². The Morgan fingerprint density at radius 2 is 2.31 bits per heavy atom. The minimum atomic E-state index is -0.680. The van der Waals surface area contributed by atoms with E-state index in [2.05, 4.69) is 0 Å². The van der Waals surface area contributed by atoms with Gasteiger partial charge >= 0.3 is 5.97 Å². The standard InChI is InChI=1S/C10H13NO2/c1-11-7-2-4-8(11)10(9(12)13)5-3-6-10/h2,4,7H,3,5-6H2,1H3,(H,12,13). The molecular weight excluding hydrogens is 166 g/mol. The summed E-state index contributed by atoms with van der Waals surface area (Å²) in [6.07, 6.45) is 4.48. The maximum atomic E-state index is 11.1. The first kappa shape index (κ1) is 8.35. The van der Waals surface area contributed by atoms with Gasteiger partial charge in [0.25, 0.3) is 0 Å². The van der Waals surface area contributed by atoms with Crippen molar-refractivity contribution in [3.63, 3.8) is 0 Å².